The fraction of sp³-hybridized carbons (Fsp3) is 0.0833. The Kier molecular flexibility index (Phi) is 3.00. The van der Waals surface area contributed by atoms with Gasteiger partial charge in [-0.3, -0.25) is 4.79 Å². The van der Waals surface area contributed by atoms with Gasteiger partial charge in [0.15, 0.2) is 0 Å². The highest BCUT2D eigenvalue weighted by atomic mass is 16.1. The van der Waals surface area contributed by atoms with Crippen molar-refractivity contribution in [2.24, 2.45) is 0 Å². The van der Waals surface area contributed by atoms with Gasteiger partial charge in [-0.2, -0.15) is 0 Å². The van der Waals surface area contributed by atoms with E-state index in [9.17, 15) is 4.79 Å². The van der Waals surface area contributed by atoms with Crippen molar-refractivity contribution in [2.75, 3.05) is 11.1 Å². The Bertz CT molecular complexity index is 519. The number of hydrogen-bond donors (Lipinski definition) is 2. The summed E-state index contributed by atoms with van der Waals surface area (Å²) in [6.45, 7) is 1.93. The summed E-state index contributed by atoms with van der Waals surface area (Å²) in [5.74, 6) is 0.640. The van der Waals surface area contributed by atoms with Crippen molar-refractivity contribution in [3.8, 4) is 0 Å². The standard InChI is InChI=1S/C12H12N4O/c1-8-2-5-11(15-6-8)16-12(17)9-3-4-10(13)14-7-9/h2-7H,1H3,(H2,13,14)(H,15,16,17). The van der Waals surface area contributed by atoms with Crippen LogP contribution in [0.3, 0.4) is 0 Å². The molecule has 5 heteroatoms. The average molecular weight is 228 g/mol. The van der Waals surface area contributed by atoms with Crippen LogP contribution in [0.5, 0.6) is 0 Å². The molecule has 0 aliphatic rings. The number of anilines is 2. The zero-order valence-electron chi connectivity index (χ0n) is 9.34. The molecule has 0 radical (unpaired) electrons. The Balaban J connectivity index is 2.11. The van der Waals surface area contributed by atoms with Gasteiger partial charge in [-0.15, -0.1) is 0 Å². The van der Waals surface area contributed by atoms with Gasteiger partial charge in [-0.25, -0.2) is 9.97 Å². The number of rotatable bonds is 2. The van der Waals surface area contributed by atoms with Gasteiger partial charge >= 0.3 is 0 Å². The van der Waals surface area contributed by atoms with Gasteiger partial charge in [-0.1, -0.05) is 6.07 Å². The maximum Gasteiger partial charge on any atom is 0.258 e. The Morgan fingerprint density at radius 1 is 1.18 bits per heavy atom. The van der Waals surface area contributed by atoms with Gasteiger partial charge in [0.25, 0.3) is 5.91 Å². The molecule has 1 amide bonds. The summed E-state index contributed by atoms with van der Waals surface area (Å²) in [6, 6.07) is 6.82. The first-order valence-corrected chi connectivity index (χ1v) is 5.11. The average Bonchev–Trinajstić information content (AvgIpc) is 2.33. The summed E-state index contributed by atoms with van der Waals surface area (Å²) in [6.07, 6.45) is 3.12. The maximum absolute atomic E-state index is 11.8. The molecule has 0 spiro atoms. The van der Waals surface area contributed by atoms with Crippen molar-refractivity contribution in [1.29, 1.82) is 0 Å². The number of hydrogen-bond acceptors (Lipinski definition) is 4. The van der Waals surface area contributed by atoms with Crippen molar-refractivity contribution in [3.05, 3.63) is 47.8 Å². The Hall–Kier alpha value is -2.43. The van der Waals surface area contributed by atoms with Crippen LogP contribution in [0.4, 0.5) is 11.6 Å². The van der Waals surface area contributed by atoms with Gasteiger partial charge in [-0.05, 0) is 30.7 Å². The molecule has 17 heavy (non-hydrogen) atoms. The molecule has 0 unspecified atom stereocenters. The number of nitrogens with two attached hydrogens (primary N) is 1. The van der Waals surface area contributed by atoms with E-state index in [2.05, 4.69) is 15.3 Å². The van der Waals surface area contributed by atoms with Crippen LogP contribution >= 0.6 is 0 Å². The topological polar surface area (TPSA) is 80.9 Å². The number of amides is 1. The van der Waals surface area contributed by atoms with Crippen LogP contribution in [0, 0.1) is 6.92 Å². The lowest BCUT2D eigenvalue weighted by atomic mass is 10.2. The highest BCUT2D eigenvalue weighted by Gasteiger charge is 2.06. The summed E-state index contributed by atoms with van der Waals surface area (Å²) >= 11 is 0. The lowest BCUT2D eigenvalue weighted by molar-refractivity contribution is 0.102. The third-order valence-corrected chi connectivity index (χ3v) is 2.20. The lowest BCUT2D eigenvalue weighted by Gasteiger charge is -2.04. The summed E-state index contributed by atoms with van der Waals surface area (Å²) in [5, 5.41) is 2.67. The zero-order chi connectivity index (χ0) is 12.3. The highest BCUT2D eigenvalue weighted by Crippen LogP contribution is 2.07. The first-order valence-electron chi connectivity index (χ1n) is 5.11. The molecule has 0 aliphatic heterocycles. The van der Waals surface area contributed by atoms with Crippen molar-refractivity contribution >= 4 is 17.5 Å². The van der Waals surface area contributed by atoms with Crippen molar-refractivity contribution < 1.29 is 4.79 Å². The number of pyridine rings is 2. The molecule has 2 aromatic heterocycles. The largest absolute Gasteiger partial charge is 0.384 e. The number of aryl methyl sites for hydroxylation is 1. The minimum atomic E-state index is -0.256. The summed E-state index contributed by atoms with van der Waals surface area (Å²) in [4.78, 5) is 19.7. The number of nitrogens with zero attached hydrogens (tertiary/aromatic N) is 2. The van der Waals surface area contributed by atoms with Crippen LogP contribution in [-0.2, 0) is 0 Å². The number of aromatic nitrogens is 2. The summed E-state index contributed by atoms with van der Waals surface area (Å²) in [5.41, 5.74) is 6.93. The van der Waals surface area contributed by atoms with Gasteiger partial charge in [0.1, 0.15) is 11.6 Å². The van der Waals surface area contributed by atoms with Crippen LogP contribution in [0.15, 0.2) is 36.7 Å². The highest BCUT2D eigenvalue weighted by molar-refractivity contribution is 6.03. The van der Waals surface area contributed by atoms with E-state index in [4.69, 9.17) is 5.73 Å². The van der Waals surface area contributed by atoms with Gasteiger partial charge in [0, 0.05) is 12.4 Å². The van der Waals surface area contributed by atoms with Crippen molar-refractivity contribution in [2.45, 2.75) is 6.92 Å². The smallest absolute Gasteiger partial charge is 0.258 e. The second kappa shape index (κ2) is 4.61. The van der Waals surface area contributed by atoms with E-state index >= 15 is 0 Å². The number of carbonyl (C=O) groups excluding carboxylic acids is 1. The molecule has 0 aromatic carbocycles. The van der Waals surface area contributed by atoms with Crippen LogP contribution in [0.1, 0.15) is 15.9 Å². The first-order chi connectivity index (χ1) is 8.15. The van der Waals surface area contributed by atoms with E-state index in [0.717, 1.165) is 5.56 Å². The summed E-state index contributed by atoms with van der Waals surface area (Å²) in [7, 11) is 0. The van der Waals surface area contributed by atoms with E-state index < -0.39 is 0 Å². The Morgan fingerprint density at radius 2 is 2.00 bits per heavy atom. The monoisotopic (exact) mass is 228 g/mol. The number of nitrogens with one attached hydrogen (secondary N) is 1. The van der Waals surface area contributed by atoms with E-state index in [1.807, 2.05) is 13.0 Å². The minimum absolute atomic E-state index is 0.256. The normalized spacial score (nSPS) is 9.94. The summed E-state index contributed by atoms with van der Waals surface area (Å²) < 4.78 is 0. The van der Waals surface area contributed by atoms with Gasteiger partial charge < -0.3 is 11.1 Å². The molecule has 2 rings (SSSR count). The Morgan fingerprint density at radius 3 is 2.59 bits per heavy atom. The van der Waals surface area contributed by atoms with Crippen LogP contribution in [-0.4, -0.2) is 15.9 Å². The molecule has 0 saturated carbocycles. The Labute approximate surface area is 98.7 Å². The van der Waals surface area contributed by atoms with Crippen molar-refractivity contribution in [1.82, 2.24) is 9.97 Å². The third kappa shape index (κ3) is 2.78. The van der Waals surface area contributed by atoms with E-state index in [0.29, 0.717) is 17.2 Å². The minimum Gasteiger partial charge on any atom is -0.384 e. The molecular weight excluding hydrogens is 216 g/mol. The van der Waals surface area contributed by atoms with Crippen LogP contribution in [0.25, 0.3) is 0 Å². The maximum atomic E-state index is 11.8. The fourth-order valence-corrected chi connectivity index (χ4v) is 1.27. The van der Waals surface area contributed by atoms with E-state index in [-0.39, 0.29) is 5.91 Å². The SMILES string of the molecule is Cc1ccc(NC(=O)c2ccc(N)nc2)nc1. The number of carbonyl (C=O) groups is 1. The second-order valence-electron chi connectivity index (χ2n) is 3.65. The zero-order valence-corrected chi connectivity index (χ0v) is 9.34. The fourth-order valence-electron chi connectivity index (χ4n) is 1.27. The molecule has 0 atom stereocenters. The molecular formula is C12H12N4O. The molecule has 2 aromatic rings. The molecule has 86 valence electrons. The second-order valence-corrected chi connectivity index (χ2v) is 3.65. The number of nitrogen functional groups attached to an aromatic ring is 1. The molecule has 2 heterocycles. The van der Waals surface area contributed by atoms with Gasteiger partial charge in [0.2, 0.25) is 0 Å². The van der Waals surface area contributed by atoms with E-state index in [1.165, 1.54) is 6.20 Å². The molecule has 3 N–H and O–H groups in total. The molecule has 0 saturated heterocycles. The van der Waals surface area contributed by atoms with Crippen LogP contribution in [0.2, 0.25) is 0 Å². The molecule has 0 fully saturated rings. The molecule has 0 bridgehead atoms. The first kappa shape index (κ1) is 11.1. The molecule has 5 nitrogen and oxygen atoms in total. The quantitative estimate of drug-likeness (QED) is 0.818. The van der Waals surface area contributed by atoms with E-state index in [1.54, 1.807) is 24.4 Å². The van der Waals surface area contributed by atoms with Gasteiger partial charge in [0.05, 0.1) is 5.56 Å². The predicted octanol–water partition coefficient (Wildman–Crippen LogP) is 1.62. The lowest BCUT2D eigenvalue weighted by Crippen LogP contribution is -2.13. The third-order valence-electron chi connectivity index (χ3n) is 2.20. The molecule has 0 aliphatic carbocycles. The predicted molar refractivity (Wildman–Crippen MR) is 65.6 cm³/mol. The van der Waals surface area contributed by atoms with Crippen LogP contribution < -0.4 is 11.1 Å². The van der Waals surface area contributed by atoms with Crippen molar-refractivity contribution in [3.63, 3.8) is 0 Å².